The van der Waals surface area contributed by atoms with Gasteiger partial charge in [0.15, 0.2) is 0 Å². The number of hydrogen-bond acceptors (Lipinski definition) is 2. The van der Waals surface area contributed by atoms with Crippen LogP contribution in [-0.2, 0) is 6.54 Å². The zero-order valence-corrected chi connectivity index (χ0v) is 12.1. The first kappa shape index (κ1) is 14.5. The molecule has 2 nitrogen and oxygen atoms in total. The van der Waals surface area contributed by atoms with Crippen molar-refractivity contribution in [3.05, 3.63) is 35.6 Å². The van der Waals surface area contributed by atoms with Gasteiger partial charge in [0.2, 0.25) is 0 Å². The highest BCUT2D eigenvalue weighted by Crippen LogP contribution is 2.31. The average molecular weight is 264 g/mol. The van der Waals surface area contributed by atoms with E-state index in [9.17, 15) is 4.39 Å². The molecular formula is C16H25FN2. The van der Waals surface area contributed by atoms with Crippen LogP contribution in [-0.4, -0.2) is 31.6 Å². The van der Waals surface area contributed by atoms with E-state index in [1.165, 1.54) is 24.8 Å². The minimum atomic E-state index is -0.159. The quantitative estimate of drug-likeness (QED) is 0.879. The molecule has 1 fully saturated rings. The summed E-state index contributed by atoms with van der Waals surface area (Å²) in [5.41, 5.74) is 1.59. The molecular weight excluding hydrogens is 239 g/mol. The highest BCUT2D eigenvalue weighted by Gasteiger charge is 2.31. The van der Waals surface area contributed by atoms with E-state index >= 15 is 0 Å². The lowest BCUT2D eigenvalue weighted by atomic mass is 9.78. The Morgan fingerprint density at radius 2 is 2.05 bits per heavy atom. The SMILES string of the molecule is CCC1(CN(C)Cc2ccc(F)cc2)CCCNC1. The van der Waals surface area contributed by atoms with Crippen LogP contribution in [0.5, 0.6) is 0 Å². The van der Waals surface area contributed by atoms with E-state index in [4.69, 9.17) is 0 Å². The first-order chi connectivity index (χ1) is 9.13. The largest absolute Gasteiger partial charge is 0.316 e. The summed E-state index contributed by atoms with van der Waals surface area (Å²) in [6.07, 6.45) is 3.80. The van der Waals surface area contributed by atoms with Crippen LogP contribution in [0.15, 0.2) is 24.3 Å². The molecule has 1 heterocycles. The van der Waals surface area contributed by atoms with Gasteiger partial charge in [0.05, 0.1) is 0 Å². The van der Waals surface area contributed by atoms with Crippen LogP contribution in [0, 0.1) is 11.2 Å². The van der Waals surface area contributed by atoms with Gasteiger partial charge < -0.3 is 10.2 Å². The summed E-state index contributed by atoms with van der Waals surface area (Å²) in [6, 6.07) is 6.84. The van der Waals surface area contributed by atoms with Crippen molar-refractivity contribution in [1.29, 1.82) is 0 Å². The van der Waals surface area contributed by atoms with Crippen molar-refractivity contribution in [3.63, 3.8) is 0 Å². The summed E-state index contributed by atoms with van der Waals surface area (Å²) in [4.78, 5) is 2.36. The normalized spacial score (nSPS) is 23.8. The third-order valence-corrected chi connectivity index (χ3v) is 4.28. The molecule has 1 N–H and O–H groups in total. The second kappa shape index (κ2) is 6.49. The van der Waals surface area contributed by atoms with Crippen molar-refractivity contribution in [2.75, 3.05) is 26.7 Å². The Hall–Kier alpha value is -0.930. The van der Waals surface area contributed by atoms with Crippen LogP contribution in [0.1, 0.15) is 31.7 Å². The zero-order valence-electron chi connectivity index (χ0n) is 12.1. The van der Waals surface area contributed by atoms with Gasteiger partial charge in [-0.2, -0.15) is 0 Å². The predicted octanol–water partition coefficient (Wildman–Crippen LogP) is 3.04. The highest BCUT2D eigenvalue weighted by atomic mass is 19.1. The molecule has 0 radical (unpaired) electrons. The van der Waals surface area contributed by atoms with Crippen LogP contribution < -0.4 is 5.32 Å². The molecule has 106 valence electrons. The molecule has 0 bridgehead atoms. The zero-order chi connectivity index (χ0) is 13.7. The minimum Gasteiger partial charge on any atom is -0.316 e. The van der Waals surface area contributed by atoms with Gasteiger partial charge in [0.25, 0.3) is 0 Å². The lowest BCUT2D eigenvalue weighted by molar-refractivity contribution is 0.125. The Bertz CT molecular complexity index is 382. The van der Waals surface area contributed by atoms with Crippen LogP contribution >= 0.6 is 0 Å². The van der Waals surface area contributed by atoms with E-state index in [0.717, 1.165) is 26.2 Å². The van der Waals surface area contributed by atoms with Crippen molar-refractivity contribution < 1.29 is 4.39 Å². The first-order valence-electron chi connectivity index (χ1n) is 7.27. The highest BCUT2D eigenvalue weighted by molar-refractivity contribution is 5.15. The fourth-order valence-electron chi connectivity index (χ4n) is 3.11. The fraction of sp³-hybridized carbons (Fsp3) is 0.625. The summed E-state index contributed by atoms with van der Waals surface area (Å²) in [6.45, 7) is 6.56. The van der Waals surface area contributed by atoms with E-state index in [1.807, 2.05) is 12.1 Å². The van der Waals surface area contributed by atoms with Crippen molar-refractivity contribution in [2.24, 2.45) is 5.41 Å². The molecule has 0 aromatic heterocycles. The number of rotatable bonds is 5. The van der Waals surface area contributed by atoms with Crippen molar-refractivity contribution in [2.45, 2.75) is 32.7 Å². The lowest BCUT2D eigenvalue weighted by Gasteiger charge is -2.40. The Morgan fingerprint density at radius 3 is 2.63 bits per heavy atom. The molecule has 0 saturated carbocycles. The number of piperidine rings is 1. The molecule has 0 amide bonds. The maximum Gasteiger partial charge on any atom is 0.123 e. The second-order valence-electron chi connectivity index (χ2n) is 5.93. The van der Waals surface area contributed by atoms with Crippen molar-refractivity contribution in [3.8, 4) is 0 Å². The van der Waals surface area contributed by atoms with E-state index < -0.39 is 0 Å². The monoisotopic (exact) mass is 264 g/mol. The Morgan fingerprint density at radius 1 is 1.32 bits per heavy atom. The van der Waals surface area contributed by atoms with Crippen molar-refractivity contribution >= 4 is 0 Å². The van der Waals surface area contributed by atoms with Gasteiger partial charge in [-0.1, -0.05) is 19.1 Å². The summed E-state index contributed by atoms with van der Waals surface area (Å²) in [5.74, 6) is -0.159. The predicted molar refractivity (Wildman–Crippen MR) is 77.6 cm³/mol. The minimum absolute atomic E-state index is 0.159. The number of nitrogens with one attached hydrogen (secondary N) is 1. The van der Waals surface area contributed by atoms with Crippen molar-refractivity contribution in [1.82, 2.24) is 10.2 Å². The summed E-state index contributed by atoms with van der Waals surface area (Å²) < 4.78 is 12.9. The molecule has 1 aromatic rings. The third kappa shape index (κ3) is 4.02. The van der Waals surface area contributed by atoms with E-state index in [1.54, 1.807) is 12.1 Å². The van der Waals surface area contributed by atoms with Gasteiger partial charge in [-0.05, 0) is 56.0 Å². The molecule has 1 atom stereocenters. The van der Waals surface area contributed by atoms with Crippen LogP contribution in [0.25, 0.3) is 0 Å². The molecule has 2 rings (SSSR count). The lowest BCUT2D eigenvalue weighted by Crippen LogP contribution is -2.46. The van der Waals surface area contributed by atoms with E-state index in [-0.39, 0.29) is 5.82 Å². The summed E-state index contributed by atoms with van der Waals surface area (Å²) in [7, 11) is 2.16. The van der Waals surface area contributed by atoms with Gasteiger partial charge in [-0.25, -0.2) is 4.39 Å². The smallest absolute Gasteiger partial charge is 0.123 e. The van der Waals surface area contributed by atoms with Gasteiger partial charge in [0.1, 0.15) is 5.82 Å². The summed E-state index contributed by atoms with van der Waals surface area (Å²) in [5, 5.41) is 3.53. The molecule has 3 heteroatoms. The molecule has 1 aromatic carbocycles. The van der Waals surface area contributed by atoms with E-state index in [2.05, 4.69) is 24.2 Å². The van der Waals surface area contributed by atoms with Crippen LogP contribution in [0.2, 0.25) is 0 Å². The second-order valence-corrected chi connectivity index (χ2v) is 5.93. The molecule has 1 aliphatic rings. The number of nitrogens with zero attached hydrogens (tertiary/aromatic N) is 1. The standard InChI is InChI=1S/C16H25FN2/c1-3-16(9-4-10-18-12-16)13-19(2)11-14-5-7-15(17)8-6-14/h5-8,18H,3-4,9-13H2,1-2H3. The molecule has 0 aliphatic carbocycles. The molecule has 19 heavy (non-hydrogen) atoms. The van der Waals surface area contributed by atoms with Crippen LogP contribution in [0.4, 0.5) is 4.39 Å². The molecule has 0 spiro atoms. The first-order valence-corrected chi connectivity index (χ1v) is 7.27. The number of hydrogen-bond donors (Lipinski definition) is 1. The summed E-state index contributed by atoms with van der Waals surface area (Å²) >= 11 is 0. The van der Waals surface area contributed by atoms with Gasteiger partial charge >= 0.3 is 0 Å². The Balaban J connectivity index is 1.92. The Kier molecular flexibility index (Phi) is 4.94. The maximum atomic E-state index is 12.9. The average Bonchev–Trinajstić information content (AvgIpc) is 2.42. The number of benzene rings is 1. The van der Waals surface area contributed by atoms with E-state index in [0.29, 0.717) is 5.41 Å². The van der Waals surface area contributed by atoms with Gasteiger partial charge in [-0.15, -0.1) is 0 Å². The Labute approximate surface area is 116 Å². The van der Waals surface area contributed by atoms with Gasteiger partial charge in [-0.3, -0.25) is 0 Å². The van der Waals surface area contributed by atoms with Crippen LogP contribution in [0.3, 0.4) is 0 Å². The topological polar surface area (TPSA) is 15.3 Å². The fourth-order valence-corrected chi connectivity index (χ4v) is 3.11. The third-order valence-electron chi connectivity index (χ3n) is 4.28. The molecule has 1 aliphatic heterocycles. The van der Waals surface area contributed by atoms with Gasteiger partial charge in [0, 0.05) is 19.6 Å². The maximum absolute atomic E-state index is 12.9. The molecule has 1 saturated heterocycles. The number of halogens is 1. The molecule has 1 unspecified atom stereocenters.